The fraction of sp³-hybridized carbons (Fsp3) is 0.152. The zero-order chi connectivity index (χ0) is 33.3. The van der Waals surface area contributed by atoms with Crippen LogP contribution >= 0.6 is 11.6 Å². The number of benzene rings is 4. The molecule has 0 bridgehead atoms. The number of fused-ring (bicyclic) bond motifs is 1. The molecule has 1 heterocycles. The van der Waals surface area contributed by atoms with Crippen LogP contribution in [0.5, 0.6) is 0 Å². The van der Waals surface area contributed by atoms with Gasteiger partial charge in [0, 0.05) is 46.5 Å². The molecule has 1 amide bonds. The number of nitro groups is 2. The molecule has 12 nitrogen and oxygen atoms in total. The van der Waals surface area contributed by atoms with Crippen LogP contribution in [0.25, 0.3) is 6.08 Å². The maximum Gasteiger partial charge on any atom is 0.274 e. The van der Waals surface area contributed by atoms with Crippen molar-refractivity contribution in [3.63, 3.8) is 0 Å². The minimum Gasteiger partial charge on any atom is -0.280 e. The lowest BCUT2D eigenvalue weighted by Crippen LogP contribution is -2.32. The highest BCUT2D eigenvalue weighted by Crippen LogP contribution is 2.45. The number of nitrogens with zero attached hydrogens (tertiary/aromatic N) is 4. The van der Waals surface area contributed by atoms with Gasteiger partial charge in [0.1, 0.15) is 0 Å². The van der Waals surface area contributed by atoms with Crippen LogP contribution in [-0.4, -0.2) is 34.9 Å². The molecule has 2 atom stereocenters. The zero-order valence-corrected chi connectivity index (χ0v) is 26.1. The highest BCUT2D eigenvalue weighted by Gasteiger charge is 2.44. The number of nitrogens with one attached hydrogen (secondary N) is 1. The first-order valence-electron chi connectivity index (χ1n) is 14.5. The molecular formula is C33H26ClN5O7S. The van der Waals surface area contributed by atoms with Crippen LogP contribution in [0.2, 0.25) is 5.02 Å². The number of hydrogen-bond donors (Lipinski definition) is 1. The molecule has 1 aliphatic heterocycles. The quantitative estimate of drug-likeness (QED) is 0.151. The largest absolute Gasteiger partial charge is 0.280 e. The molecule has 1 N–H and O–H groups in total. The summed E-state index contributed by atoms with van der Waals surface area (Å²) in [6.45, 7) is 0. The highest BCUT2D eigenvalue weighted by atomic mass is 35.5. The molecule has 6 rings (SSSR count). The molecule has 0 radical (unpaired) electrons. The number of halogens is 1. The van der Waals surface area contributed by atoms with Gasteiger partial charge in [-0.2, -0.15) is 5.10 Å². The van der Waals surface area contributed by atoms with Crippen LogP contribution in [0.15, 0.2) is 113 Å². The maximum absolute atomic E-state index is 14.2. The molecule has 1 saturated carbocycles. The molecule has 0 aromatic heterocycles. The van der Waals surface area contributed by atoms with Crippen LogP contribution in [0, 0.1) is 26.1 Å². The Hall–Kier alpha value is -5.40. The lowest BCUT2D eigenvalue weighted by molar-refractivity contribution is -0.385. The van der Waals surface area contributed by atoms with Crippen molar-refractivity contribution in [2.24, 2.45) is 11.0 Å². The Kier molecular flexibility index (Phi) is 8.58. The number of hydrazone groups is 1. The molecule has 238 valence electrons. The van der Waals surface area contributed by atoms with Crippen molar-refractivity contribution in [1.82, 2.24) is 5.01 Å². The number of hydrogen-bond acceptors (Lipinski definition) is 8. The second-order valence-electron chi connectivity index (χ2n) is 11.1. The Balaban J connectivity index is 1.40. The molecular weight excluding hydrogens is 646 g/mol. The van der Waals surface area contributed by atoms with Gasteiger partial charge in [0.05, 0.1) is 26.5 Å². The molecule has 2 aliphatic rings. The minimum atomic E-state index is -4.09. The smallest absolute Gasteiger partial charge is 0.274 e. The number of non-ortho nitro benzene ring substituents is 2. The van der Waals surface area contributed by atoms with Crippen LogP contribution < -0.4 is 4.72 Å². The van der Waals surface area contributed by atoms with Crippen molar-refractivity contribution in [3.8, 4) is 0 Å². The summed E-state index contributed by atoms with van der Waals surface area (Å²) in [4.78, 5) is 36.1. The Morgan fingerprint density at radius 2 is 1.60 bits per heavy atom. The summed E-state index contributed by atoms with van der Waals surface area (Å²) >= 11 is 5.92. The predicted molar refractivity (Wildman–Crippen MR) is 177 cm³/mol. The van der Waals surface area contributed by atoms with Crippen molar-refractivity contribution in [1.29, 1.82) is 0 Å². The van der Waals surface area contributed by atoms with Gasteiger partial charge in [-0.1, -0.05) is 41.9 Å². The highest BCUT2D eigenvalue weighted by molar-refractivity contribution is 7.92. The molecule has 2 unspecified atom stereocenters. The van der Waals surface area contributed by atoms with Crippen LogP contribution in [0.4, 0.5) is 17.1 Å². The number of rotatable bonds is 8. The number of anilines is 1. The summed E-state index contributed by atoms with van der Waals surface area (Å²) in [5, 5.41) is 29.5. The van der Waals surface area contributed by atoms with E-state index in [9.17, 15) is 33.4 Å². The van der Waals surface area contributed by atoms with Gasteiger partial charge in [-0.15, -0.1) is 0 Å². The predicted octanol–water partition coefficient (Wildman–Crippen LogP) is 7.39. The van der Waals surface area contributed by atoms with Crippen LogP contribution in [0.3, 0.4) is 0 Å². The lowest BCUT2D eigenvalue weighted by atomic mass is 9.77. The van der Waals surface area contributed by atoms with E-state index in [4.69, 9.17) is 16.7 Å². The first-order valence-corrected chi connectivity index (χ1v) is 16.4. The topological polar surface area (TPSA) is 165 Å². The summed E-state index contributed by atoms with van der Waals surface area (Å²) in [5.74, 6) is -0.931. The Morgan fingerprint density at radius 3 is 2.32 bits per heavy atom. The van der Waals surface area contributed by atoms with E-state index in [1.54, 1.807) is 36.4 Å². The van der Waals surface area contributed by atoms with Crippen LogP contribution in [0.1, 0.15) is 46.8 Å². The SMILES string of the molecule is O=C(c1cccc(S(=O)(=O)Nc2ccc(Cl)cc2)c1)N1N=C2/C(=C/c3cccc([N+](=O)[O-])c3)CCCC2C1c1cccc([N+](=O)[O-])c1. The molecule has 1 aliphatic carbocycles. The number of carbonyl (C=O) groups is 1. The summed E-state index contributed by atoms with van der Waals surface area (Å²) in [6, 6.07) is 23.2. The summed E-state index contributed by atoms with van der Waals surface area (Å²) < 4.78 is 29.0. The Bertz CT molecular complexity index is 2080. The van der Waals surface area contributed by atoms with E-state index in [2.05, 4.69) is 4.72 Å². The number of sulfonamides is 1. The second kappa shape index (κ2) is 12.8. The van der Waals surface area contributed by atoms with Gasteiger partial charge in [-0.05, 0) is 84.5 Å². The number of carbonyl (C=O) groups excluding carboxylic acids is 1. The minimum absolute atomic E-state index is 0.0478. The van der Waals surface area contributed by atoms with E-state index in [-0.39, 0.29) is 33.4 Å². The summed E-state index contributed by atoms with van der Waals surface area (Å²) in [6.07, 6.45) is 3.77. The van der Waals surface area contributed by atoms with Crippen molar-refractivity contribution >= 4 is 56.4 Å². The van der Waals surface area contributed by atoms with Gasteiger partial charge in [0.2, 0.25) is 0 Å². The van der Waals surface area contributed by atoms with Gasteiger partial charge < -0.3 is 0 Å². The molecule has 4 aromatic rings. The molecule has 47 heavy (non-hydrogen) atoms. The fourth-order valence-corrected chi connectivity index (χ4v) is 7.14. The van der Waals surface area contributed by atoms with Gasteiger partial charge in [-0.25, -0.2) is 13.4 Å². The summed E-state index contributed by atoms with van der Waals surface area (Å²) in [5.41, 5.74) is 2.61. The van der Waals surface area contributed by atoms with Gasteiger partial charge in [0.25, 0.3) is 27.3 Å². The fourth-order valence-electron chi connectivity index (χ4n) is 5.91. The van der Waals surface area contributed by atoms with Crippen molar-refractivity contribution in [2.45, 2.75) is 30.2 Å². The van der Waals surface area contributed by atoms with E-state index < -0.39 is 31.8 Å². The normalized spacial score (nSPS) is 18.4. The van der Waals surface area contributed by atoms with E-state index in [1.807, 2.05) is 6.08 Å². The monoisotopic (exact) mass is 671 g/mol. The third-order valence-corrected chi connectivity index (χ3v) is 9.67. The molecule has 0 saturated heterocycles. The number of nitro benzene ring substituents is 2. The average molecular weight is 672 g/mol. The van der Waals surface area contributed by atoms with Crippen molar-refractivity contribution in [2.75, 3.05) is 4.72 Å². The Morgan fingerprint density at radius 1 is 0.915 bits per heavy atom. The second-order valence-corrected chi connectivity index (χ2v) is 13.2. The van der Waals surface area contributed by atoms with E-state index in [0.717, 1.165) is 12.0 Å². The van der Waals surface area contributed by atoms with Crippen molar-refractivity contribution in [3.05, 3.63) is 145 Å². The lowest BCUT2D eigenvalue weighted by Gasteiger charge is -2.29. The maximum atomic E-state index is 14.2. The first-order chi connectivity index (χ1) is 22.5. The molecule has 4 aromatic carbocycles. The van der Waals surface area contributed by atoms with Gasteiger partial charge in [-0.3, -0.25) is 29.7 Å². The molecule has 1 fully saturated rings. The van der Waals surface area contributed by atoms with Gasteiger partial charge in [0.15, 0.2) is 0 Å². The third kappa shape index (κ3) is 6.62. The van der Waals surface area contributed by atoms with E-state index in [0.29, 0.717) is 34.7 Å². The van der Waals surface area contributed by atoms with Crippen molar-refractivity contribution < 1.29 is 23.1 Å². The Labute approximate surface area is 274 Å². The zero-order valence-electron chi connectivity index (χ0n) is 24.5. The van der Waals surface area contributed by atoms with Gasteiger partial charge >= 0.3 is 0 Å². The van der Waals surface area contributed by atoms with E-state index >= 15 is 0 Å². The third-order valence-electron chi connectivity index (χ3n) is 8.04. The standard InChI is InChI=1S/C33H26ClN5O7S/c34-25-13-15-26(16-14-25)36-47(45,46)29-11-3-8-24(20-29)33(40)37-32(23-7-2-10-28(19-23)39(43)44)30-12-4-6-22(31(30)35-37)17-21-5-1-9-27(18-21)38(41)42/h1-3,5,7-11,13-20,30,32,36H,4,6,12H2/b22-17+. The molecule has 14 heteroatoms. The van der Waals surface area contributed by atoms with Crippen LogP contribution in [-0.2, 0) is 10.0 Å². The number of amides is 1. The first kappa shape index (κ1) is 31.6. The molecule has 0 spiro atoms. The summed E-state index contributed by atoms with van der Waals surface area (Å²) in [7, 11) is -4.09. The average Bonchev–Trinajstić information content (AvgIpc) is 3.46. The van der Waals surface area contributed by atoms with E-state index in [1.165, 1.54) is 65.7 Å². The number of allylic oxidation sites excluding steroid dienone is 1.